The molecule has 4 nitrogen and oxygen atoms in total. The summed E-state index contributed by atoms with van der Waals surface area (Å²) in [7, 11) is 0. The first-order valence-corrected chi connectivity index (χ1v) is 6.91. The molecule has 0 N–H and O–H groups in total. The fourth-order valence-electron chi connectivity index (χ4n) is 1.96. The molecule has 0 saturated carbocycles. The maximum Gasteiger partial charge on any atom is 0.160 e. The molecule has 0 aromatic rings. The van der Waals surface area contributed by atoms with Crippen LogP contribution in [-0.4, -0.2) is 48.8 Å². The molecule has 1 rings (SSSR count). The minimum Gasteiger partial charge on any atom is -0.370 e. The number of carbonyl (C=O) groups is 2. The molecular weight excluding hydrogens is 230 g/mol. The molecule has 1 aliphatic heterocycles. The van der Waals surface area contributed by atoms with Crippen LogP contribution in [0.5, 0.6) is 0 Å². The summed E-state index contributed by atoms with van der Waals surface area (Å²) >= 11 is 0. The Morgan fingerprint density at radius 3 is 2.39 bits per heavy atom. The van der Waals surface area contributed by atoms with Gasteiger partial charge in [-0.05, 0) is 12.8 Å². The van der Waals surface area contributed by atoms with Gasteiger partial charge in [-0.3, -0.25) is 14.5 Å². The Morgan fingerprint density at radius 1 is 1.28 bits per heavy atom. The molecule has 1 heterocycles. The summed E-state index contributed by atoms with van der Waals surface area (Å²) in [6, 6.07) is 0. The van der Waals surface area contributed by atoms with Crippen LogP contribution in [0.1, 0.15) is 40.0 Å². The Balaban J connectivity index is 2.19. The fraction of sp³-hybridized carbons (Fsp3) is 0.857. The summed E-state index contributed by atoms with van der Waals surface area (Å²) in [5, 5.41) is 0. The van der Waals surface area contributed by atoms with Crippen LogP contribution in [-0.2, 0) is 14.3 Å². The van der Waals surface area contributed by atoms with Gasteiger partial charge in [-0.25, -0.2) is 0 Å². The molecule has 0 bridgehead atoms. The van der Waals surface area contributed by atoms with Crippen molar-refractivity contribution in [3.05, 3.63) is 0 Å². The number of hydrogen-bond acceptors (Lipinski definition) is 4. The number of nitrogens with zero attached hydrogens (tertiary/aromatic N) is 1. The highest BCUT2D eigenvalue weighted by atomic mass is 16.5. The molecule has 104 valence electrons. The molecule has 18 heavy (non-hydrogen) atoms. The average molecular weight is 255 g/mol. The first kappa shape index (κ1) is 15.3. The third kappa shape index (κ3) is 5.27. The Morgan fingerprint density at radius 2 is 1.89 bits per heavy atom. The zero-order valence-electron chi connectivity index (χ0n) is 11.8. The van der Waals surface area contributed by atoms with E-state index >= 15 is 0 Å². The largest absolute Gasteiger partial charge is 0.370 e. The van der Waals surface area contributed by atoms with E-state index in [1.807, 2.05) is 20.8 Å². The van der Waals surface area contributed by atoms with Gasteiger partial charge in [0.15, 0.2) is 5.78 Å². The fourth-order valence-corrected chi connectivity index (χ4v) is 1.96. The second-order valence-corrected chi connectivity index (χ2v) is 5.30. The van der Waals surface area contributed by atoms with Crippen molar-refractivity contribution in [1.82, 2.24) is 4.90 Å². The van der Waals surface area contributed by atoms with Crippen molar-refractivity contribution in [2.45, 2.75) is 46.1 Å². The van der Waals surface area contributed by atoms with Gasteiger partial charge in [-0.1, -0.05) is 20.8 Å². The Bertz CT molecular complexity index is 281. The van der Waals surface area contributed by atoms with Crippen molar-refractivity contribution >= 4 is 11.6 Å². The zero-order valence-corrected chi connectivity index (χ0v) is 11.8. The van der Waals surface area contributed by atoms with E-state index in [9.17, 15) is 9.59 Å². The number of piperidine rings is 1. The molecule has 1 fully saturated rings. The van der Waals surface area contributed by atoms with Crippen molar-refractivity contribution < 1.29 is 14.3 Å². The van der Waals surface area contributed by atoms with E-state index in [-0.39, 0.29) is 24.4 Å². The number of carbonyl (C=O) groups excluding carboxylic acids is 2. The number of likely N-dealkylation sites (tertiary alicyclic amines) is 1. The lowest BCUT2D eigenvalue weighted by atomic mass is 10.1. The van der Waals surface area contributed by atoms with Crippen molar-refractivity contribution in [2.75, 3.05) is 26.2 Å². The zero-order chi connectivity index (χ0) is 13.5. The van der Waals surface area contributed by atoms with Crippen LogP contribution in [0.25, 0.3) is 0 Å². The maximum absolute atomic E-state index is 11.5. The molecule has 0 aromatic carbocycles. The van der Waals surface area contributed by atoms with Gasteiger partial charge in [0.2, 0.25) is 0 Å². The minimum absolute atomic E-state index is 0.0484. The van der Waals surface area contributed by atoms with E-state index in [0.29, 0.717) is 18.7 Å². The van der Waals surface area contributed by atoms with Crippen molar-refractivity contribution in [2.24, 2.45) is 5.92 Å². The van der Waals surface area contributed by atoms with E-state index in [1.54, 1.807) is 0 Å². The molecule has 1 aliphatic rings. The van der Waals surface area contributed by atoms with Crippen LogP contribution < -0.4 is 0 Å². The van der Waals surface area contributed by atoms with E-state index in [1.165, 1.54) is 0 Å². The molecule has 0 radical (unpaired) electrons. The molecule has 0 unspecified atom stereocenters. The van der Waals surface area contributed by atoms with Gasteiger partial charge in [0.1, 0.15) is 12.4 Å². The van der Waals surface area contributed by atoms with Gasteiger partial charge >= 0.3 is 0 Å². The van der Waals surface area contributed by atoms with Gasteiger partial charge in [0.05, 0.1) is 12.6 Å². The van der Waals surface area contributed by atoms with Crippen LogP contribution in [0, 0.1) is 5.92 Å². The summed E-state index contributed by atoms with van der Waals surface area (Å²) in [6.07, 6.45) is 2.63. The standard InChI is InChI=1S/C14H25NO3/c1-4-12(16)9-15-7-5-13(6-8-15)18-10-14(17)11(2)3/h11,13H,4-10H2,1-3H3. The summed E-state index contributed by atoms with van der Waals surface area (Å²) in [5.41, 5.74) is 0. The number of Topliss-reactive ketones (excluding diaryl/α,β-unsaturated/α-hetero) is 2. The highest BCUT2D eigenvalue weighted by Crippen LogP contribution is 2.14. The van der Waals surface area contributed by atoms with E-state index in [2.05, 4.69) is 4.90 Å². The van der Waals surface area contributed by atoms with E-state index in [0.717, 1.165) is 25.9 Å². The first-order chi connectivity index (χ1) is 8.52. The van der Waals surface area contributed by atoms with Crippen molar-refractivity contribution in [1.29, 1.82) is 0 Å². The lowest BCUT2D eigenvalue weighted by Gasteiger charge is -2.31. The Labute approximate surface area is 110 Å². The van der Waals surface area contributed by atoms with Gasteiger partial charge in [0, 0.05) is 25.4 Å². The van der Waals surface area contributed by atoms with Crippen LogP contribution >= 0.6 is 0 Å². The summed E-state index contributed by atoms with van der Waals surface area (Å²) in [6.45, 7) is 8.27. The van der Waals surface area contributed by atoms with E-state index in [4.69, 9.17) is 4.74 Å². The third-order valence-electron chi connectivity index (χ3n) is 3.43. The monoisotopic (exact) mass is 255 g/mol. The van der Waals surface area contributed by atoms with Crippen molar-refractivity contribution in [3.8, 4) is 0 Å². The molecule has 0 spiro atoms. The lowest BCUT2D eigenvalue weighted by Crippen LogP contribution is -2.40. The molecule has 4 heteroatoms. The van der Waals surface area contributed by atoms with Crippen LogP contribution in [0.4, 0.5) is 0 Å². The molecule has 0 aliphatic carbocycles. The molecule has 0 atom stereocenters. The topological polar surface area (TPSA) is 46.6 Å². The van der Waals surface area contributed by atoms with Crippen molar-refractivity contribution in [3.63, 3.8) is 0 Å². The predicted molar refractivity (Wildman–Crippen MR) is 70.6 cm³/mol. The van der Waals surface area contributed by atoms with Crippen LogP contribution in [0.15, 0.2) is 0 Å². The van der Waals surface area contributed by atoms with Crippen LogP contribution in [0.3, 0.4) is 0 Å². The number of ether oxygens (including phenoxy) is 1. The van der Waals surface area contributed by atoms with Gasteiger partial charge < -0.3 is 4.74 Å². The summed E-state index contributed by atoms with van der Waals surface area (Å²) < 4.78 is 5.62. The predicted octanol–water partition coefficient (Wildman–Crippen LogP) is 1.67. The smallest absolute Gasteiger partial charge is 0.160 e. The molecule has 0 aromatic heterocycles. The third-order valence-corrected chi connectivity index (χ3v) is 3.43. The quantitative estimate of drug-likeness (QED) is 0.694. The molecule has 1 saturated heterocycles. The highest BCUT2D eigenvalue weighted by molar-refractivity contribution is 5.81. The van der Waals surface area contributed by atoms with Gasteiger partial charge in [0.25, 0.3) is 0 Å². The number of ketones is 2. The second kappa shape index (κ2) is 7.64. The minimum atomic E-state index is 0.0484. The van der Waals surface area contributed by atoms with Gasteiger partial charge in [-0.15, -0.1) is 0 Å². The Kier molecular flexibility index (Phi) is 6.50. The SMILES string of the molecule is CCC(=O)CN1CCC(OCC(=O)C(C)C)CC1. The molecular formula is C14H25NO3. The summed E-state index contributed by atoms with van der Waals surface area (Å²) in [4.78, 5) is 25.0. The molecule has 0 amide bonds. The highest BCUT2D eigenvalue weighted by Gasteiger charge is 2.21. The Hall–Kier alpha value is -0.740. The number of rotatable bonds is 7. The first-order valence-electron chi connectivity index (χ1n) is 6.91. The van der Waals surface area contributed by atoms with E-state index < -0.39 is 0 Å². The van der Waals surface area contributed by atoms with Crippen LogP contribution in [0.2, 0.25) is 0 Å². The lowest BCUT2D eigenvalue weighted by molar-refractivity contribution is -0.129. The summed E-state index contributed by atoms with van der Waals surface area (Å²) in [5.74, 6) is 0.509. The number of hydrogen-bond donors (Lipinski definition) is 0. The maximum atomic E-state index is 11.5. The average Bonchev–Trinajstić information content (AvgIpc) is 2.37. The normalized spacial score (nSPS) is 18.2. The second-order valence-electron chi connectivity index (χ2n) is 5.30. The van der Waals surface area contributed by atoms with Gasteiger partial charge in [-0.2, -0.15) is 0 Å².